The van der Waals surface area contributed by atoms with Crippen molar-refractivity contribution in [3.63, 3.8) is 0 Å². The van der Waals surface area contributed by atoms with Gasteiger partial charge in [-0.1, -0.05) is 0 Å². The Kier molecular flexibility index (Phi) is 2.88. The molecule has 16 heavy (non-hydrogen) atoms. The predicted octanol–water partition coefficient (Wildman–Crippen LogP) is -0.0654. The summed E-state index contributed by atoms with van der Waals surface area (Å²) in [6, 6.07) is 0.487. The van der Waals surface area contributed by atoms with E-state index in [9.17, 15) is 4.79 Å². The van der Waals surface area contributed by atoms with Gasteiger partial charge < -0.3 is 5.32 Å². The number of amides is 1. The van der Waals surface area contributed by atoms with Crippen molar-refractivity contribution in [2.75, 3.05) is 19.6 Å². The summed E-state index contributed by atoms with van der Waals surface area (Å²) in [5, 5.41) is 6.07. The molecular weight excluding hydrogens is 204 g/mol. The number of carbonyl (C=O) groups is 1. The Labute approximate surface area is 96.3 Å². The van der Waals surface area contributed by atoms with Crippen LogP contribution in [-0.2, 0) is 4.79 Å². The minimum absolute atomic E-state index is 0.0721. The summed E-state index contributed by atoms with van der Waals surface area (Å²) in [6.07, 6.45) is 0.861. The van der Waals surface area contributed by atoms with Gasteiger partial charge in [-0.15, -0.1) is 0 Å². The molecular formula is C11H20N4O. The third kappa shape index (κ3) is 1.80. The molecule has 0 aliphatic carbocycles. The van der Waals surface area contributed by atoms with E-state index < -0.39 is 5.54 Å². The van der Waals surface area contributed by atoms with E-state index in [1.807, 2.05) is 6.92 Å². The van der Waals surface area contributed by atoms with Gasteiger partial charge in [-0.05, 0) is 27.2 Å². The van der Waals surface area contributed by atoms with Gasteiger partial charge in [0.1, 0.15) is 5.54 Å². The molecule has 2 heterocycles. The van der Waals surface area contributed by atoms with Crippen molar-refractivity contribution in [3.8, 4) is 0 Å². The lowest BCUT2D eigenvalue weighted by Crippen LogP contribution is -2.49. The second-order valence-corrected chi connectivity index (χ2v) is 4.80. The molecule has 1 atom stereocenters. The Balaban J connectivity index is 2.11. The smallest absolute Gasteiger partial charge is 0.253 e. The molecule has 5 heteroatoms. The number of hydrogen-bond acceptors (Lipinski definition) is 3. The third-order valence-electron chi connectivity index (χ3n) is 3.37. The first kappa shape index (κ1) is 11.4. The number of likely N-dealkylation sites (tertiary alicyclic amines) is 1. The third-order valence-corrected chi connectivity index (χ3v) is 3.37. The minimum atomic E-state index is -0.432. The largest absolute Gasteiger partial charge is 0.341 e. The molecule has 1 unspecified atom stereocenters. The standard InChI is InChI=1S/C11H20N4O/c1-4-12-10-13-9(16)11(14-10)5-6-15(7-11)8(2)3/h8H,4-7H2,1-3H3,(H2,12,13,14,16). The molecule has 0 saturated carbocycles. The number of nitrogens with zero attached hydrogens (tertiary/aromatic N) is 2. The van der Waals surface area contributed by atoms with Gasteiger partial charge >= 0.3 is 0 Å². The van der Waals surface area contributed by atoms with Gasteiger partial charge in [0.15, 0.2) is 5.96 Å². The molecule has 1 amide bonds. The van der Waals surface area contributed by atoms with Crippen LogP contribution in [-0.4, -0.2) is 48.0 Å². The van der Waals surface area contributed by atoms with Gasteiger partial charge in [-0.3, -0.25) is 20.0 Å². The van der Waals surface area contributed by atoms with Crippen molar-refractivity contribution in [2.24, 2.45) is 4.99 Å². The van der Waals surface area contributed by atoms with E-state index in [1.54, 1.807) is 0 Å². The van der Waals surface area contributed by atoms with Crippen LogP contribution in [0, 0.1) is 0 Å². The van der Waals surface area contributed by atoms with Crippen molar-refractivity contribution in [1.29, 1.82) is 0 Å². The topological polar surface area (TPSA) is 56.7 Å². The number of aliphatic imine (C=N–C) groups is 1. The Bertz CT molecular complexity index is 326. The predicted molar refractivity (Wildman–Crippen MR) is 63.3 cm³/mol. The molecule has 2 aliphatic heterocycles. The van der Waals surface area contributed by atoms with Gasteiger partial charge in [-0.25, -0.2) is 0 Å². The second-order valence-electron chi connectivity index (χ2n) is 4.80. The van der Waals surface area contributed by atoms with E-state index in [1.165, 1.54) is 0 Å². The van der Waals surface area contributed by atoms with Crippen LogP contribution in [0.15, 0.2) is 4.99 Å². The zero-order valence-corrected chi connectivity index (χ0v) is 10.2. The Morgan fingerprint density at radius 1 is 1.56 bits per heavy atom. The molecule has 1 spiro atoms. The number of guanidine groups is 1. The first-order valence-corrected chi connectivity index (χ1v) is 5.95. The molecule has 2 aliphatic rings. The Morgan fingerprint density at radius 3 is 2.88 bits per heavy atom. The molecule has 90 valence electrons. The van der Waals surface area contributed by atoms with E-state index in [2.05, 4.69) is 34.4 Å². The number of carbonyl (C=O) groups excluding carboxylic acids is 1. The molecule has 2 fully saturated rings. The molecule has 0 aromatic heterocycles. The fraction of sp³-hybridized carbons (Fsp3) is 0.818. The number of hydrogen-bond donors (Lipinski definition) is 2. The van der Waals surface area contributed by atoms with Crippen LogP contribution in [0.2, 0.25) is 0 Å². The molecule has 2 rings (SSSR count). The van der Waals surface area contributed by atoms with Crippen LogP contribution in [0.5, 0.6) is 0 Å². The van der Waals surface area contributed by atoms with Crippen LogP contribution in [0.3, 0.4) is 0 Å². The highest BCUT2D eigenvalue weighted by molar-refractivity contribution is 6.09. The summed E-state index contributed by atoms with van der Waals surface area (Å²) in [7, 11) is 0. The fourth-order valence-electron chi connectivity index (χ4n) is 2.35. The van der Waals surface area contributed by atoms with Crippen molar-refractivity contribution in [3.05, 3.63) is 0 Å². The van der Waals surface area contributed by atoms with E-state index in [-0.39, 0.29) is 5.91 Å². The number of nitrogens with one attached hydrogen (secondary N) is 2. The van der Waals surface area contributed by atoms with Crippen molar-refractivity contribution in [1.82, 2.24) is 15.5 Å². The van der Waals surface area contributed by atoms with Crippen LogP contribution < -0.4 is 10.6 Å². The van der Waals surface area contributed by atoms with Crippen LogP contribution in [0.25, 0.3) is 0 Å². The maximum atomic E-state index is 12.0. The first-order valence-electron chi connectivity index (χ1n) is 5.95. The Hall–Kier alpha value is -1.10. The average Bonchev–Trinajstić information content (AvgIpc) is 2.75. The quantitative estimate of drug-likeness (QED) is 0.690. The highest BCUT2D eigenvalue weighted by Gasteiger charge is 2.49. The average molecular weight is 224 g/mol. The SMILES string of the molecule is CCN=C1NC(=O)C2(CCN(C(C)C)C2)N1. The van der Waals surface area contributed by atoms with Crippen LogP contribution in [0.4, 0.5) is 0 Å². The summed E-state index contributed by atoms with van der Waals surface area (Å²) in [6.45, 7) is 8.71. The van der Waals surface area contributed by atoms with Gasteiger partial charge in [-0.2, -0.15) is 0 Å². The molecule has 0 bridgehead atoms. The van der Waals surface area contributed by atoms with E-state index in [0.717, 1.165) is 19.5 Å². The minimum Gasteiger partial charge on any atom is -0.341 e. The van der Waals surface area contributed by atoms with Gasteiger partial charge in [0.05, 0.1) is 0 Å². The fourth-order valence-corrected chi connectivity index (χ4v) is 2.35. The maximum Gasteiger partial charge on any atom is 0.253 e. The molecule has 2 saturated heterocycles. The number of rotatable bonds is 2. The van der Waals surface area contributed by atoms with Crippen molar-refractivity contribution in [2.45, 2.75) is 38.8 Å². The lowest BCUT2D eigenvalue weighted by atomic mass is 9.99. The zero-order valence-electron chi connectivity index (χ0n) is 10.2. The molecule has 0 aromatic rings. The molecule has 0 aromatic carbocycles. The lowest BCUT2D eigenvalue weighted by Gasteiger charge is -2.23. The molecule has 0 radical (unpaired) electrons. The summed E-state index contributed by atoms with van der Waals surface area (Å²) in [4.78, 5) is 18.5. The highest BCUT2D eigenvalue weighted by Crippen LogP contribution is 2.25. The van der Waals surface area contributed by atoms with E-state index in [4.69, 9.17) is 0 Å². The van der Waals surface area contributed by atoms with Gasteiger partial charge in [0.25, 0.3) is 5.91 Å². The van der Waals surface area contributed by atoms with Crippen molar-refractivity contribution >= 4 is 11.9 Å². The maximum absolute atomic E-state index is 12.0. The monoisotopic (exact) mass is 224 g/mol. The van der Waals surface area contributed by atoms with Gasteiger partial charge in [0, 0.05) is 25.7 Å². The summed E-state index contributed by atoms with van der Waals surface area (Å²) in [5.41, 5.74) is -0.432. The molecule has 5 nitrogen and oxygen atoms in total. The van der Waals surface area contributed by atoms with Crippen molar-refractivity contribution < 1.29 is 4.79 Å². The first-order chi connectivity index (χ1) is 7.57. The normalized spacial score (nSPS) is 32.8. The van der Waals surface area contributed by atoms with Gasteiger partial charge in [0.2, 0.25) is 0 Å². The van der Waals surface area contributed by atoms with E-state index in [0.29, 0.717) is 18.5 Å². The molecule has 2 N–H and O–H groups in total. The van der Waals surface area contributed by atoms with E-state index >= 15 is 0 Å². The highest BCUT2D eigenvalue weighted by atomic mass is 16.2. The summed E-state index contributed by atoms with van der Waals surface area (Å²) < 4.78 is 0. The second kappa shape index (κ2) is 4.05. The summed E-state index contributed by atoms with van der Waals surface area (Å²) >= 11 is 0. The lowest BCUT2D eigenvalue weighted by molar-refractivity contribution is -0.123. The van der Waals surface area contributed by atoms with Crippen LogP contribution >= 0.6 is 0 Å². The zero-order chi connectivity index (χ0) is 11.8. The summed E-state index contributed by atoms with van der Waals surface area (Å²) in [5.74, 6) is 0.709. The van der Waals surface area contributed by atoms with Crippen LogP contribution in [0.1, 0.15) is 27.2 Å². The Morgan fingerprint density at radius 2 is 2.31 bits per heavy atom.